The van der Waals surface area contributed by atoms with Crippen LogP contribution in [0.25, 0.3) is 0 Å². The summed E-state index contributed by atoms with van der Waals surface area (Å²) in [6.07, 6.45) is 0. The van der Waals surface area contributed by atoms with Crippen LogP contribution >= 0.6 is 0 Å². The van der Waals surface area contributed by atoms with E-state index in [0.717, 1.165) is 0 Å². The number of hydrogen-bond donors (Lipinski definition) is 4. The number of rotatable bonds is 0. The molecule has 0 unspecified atom stereocenters. The van der Waals surface area contributed by atoms with E-state index in [1.807, 2.05) is 0 Å². The average Bonchev–Trinajstić information content (AvgIpc) is 0.722. The summed E-state index contributed by atoms with van der Waals surface area (Å²) in [7, 11) is -4.61. The summed E-state index contributed by atoms with van der Waals surface area (Å²) in [6.45, 7) is 0. The van der Waals surface area contributed by atoms with Gasteiger partial charge in [-0.15, -0.1) is 0 Å². The molecule has 0 heterocycles. The molecule has 50 valence electrons. The van der Waals surface area contributed by atoms with Crippen molar-refractivity contribution in [1.82, 2.24) is 0 Å². The molecule has 0 rings (SSSR count). The van der Waals surface area contributed by atoms with E-state index >= 15 is 0 Å². The van der Waals surface area contributed by atoms with Gasteiger partial charge in [0.05, 0.1) is 0 Å². The van der Waals surface area contributed by atoms with Crippen LogP contribution in [0.4, 0.5) is 0 Å². The summed E-state index contributed by atoms with van der Waals surface area (Å²) in [5.74, 6) is 0. The van der Waals surface area contributed by atoms with Gasteiger partial charge in [-0.2, -0.15) is 0 Å². The predicted molar refractivity (Wildman–Crippen MR) is 42.7 cm³/mol. The van der Waals surface area contributed by atoms with Crippen LogP contribution in [0.1, 0.15) is 8.56 Å². The van der Waals surface area contributed by atoms with E-state index in [1.165, 1.54) is 0 Å². The molecule has 0 bridgehead atoms. The van der Waals surface area contributed by atoms with Crippen molar-refractivity contribution in [2.45, 2.75) is 0 Å². The summed E-state index contributed by atoms with van der Waals surface area (Å²) in [6, 6.07) is 0. The van der Waals surface area contributed by atoms with Gasteiger partial charge in [-0.25, -0.2) is 0 Å². The van der Waals surface area contributed by atoms with Crippen LogP contribution < -0.4 is 80.9 Å². The first-order valence-electron chi connectivity index (χ1n) is 0.894. The molecule has 0 saturated heterocycles. The van der Waals surface area contributed by atoms with Gasteiger partial charge in [-0.3, -0.25) is 0 Å². The molecule has 10 heavy (non-hydrogen) atoms. The zero-order valence-electron chi connectivity index (χ0n) is 11.7. The smallest absolute Gasteiger partial charge is 1.00 e. The minimum absolute atomic E-state index is 0. The zero-order valence-corrected chi connectivity index (χ0v) is 15.4. The Bertz CT molecular complexity index is 56.0. The van der Waals surface area contributed by atoms with E-state index in [2.05, 4.69) is 0 Å². The minimum Gasteiger partial charge on any atom is -1.00 e. The molecule has 0 aliphatic rings. The van der Waals surface area contributed by atoms with E-state index in [1.54, 1.807) is 0 Å². The third-order valence-electron chi connectivity index (χ3n) is 0. The molecular weight excluding hydrogens is 246 g/mol. The molecule has 0 aliphatic carbocycles. The Labute approximate surface area is 191 Å². The largest absolute Gasteiger partial charge is 2.00 e. The molecule has 0 amide bonds. The molecule has 0 aromatic carbocycles. The van der Waals surface area contributed by atoms with Gasteiger partial charge < -0.3 is 27.7 Å². The van der Waals surface area contributed by atoms with Crippen LogP contribution in [0.15, 0.2) is 0 Å². The van der Waals surface area contributed by atoms with Crippen molar-refractivity contribution >= 4 is 87.2 Å². The quantitative estimate of drug-likeness (QED) is 0.325. The van der Waals surface area contributed by atoms with Crippen molar-refractivity contribution < 1.29 is 109 Å². The molecule has 4 N–H and O–H groups in total. The molecule has 0 saturated carbocycles. The van der Waals surface area contributed by atoms with Crippen molar-refractivity contribution in [2.24, 2.45) is 0 Å². The monoisotopic (exact) mass is 258 g/mol. The SMILES string of the molecule is O[Si](O)(O)O.[AlH3].[Ca+2].[H-].[H-].[H-].[H-].[H-].[H-].[K+].[Mg+2].[Na+]. The number of hydrogen-bond acceptors (Lipinski definition) is 4. The van der Waals surface area contributed by atoms with E-state index in [-0.39, 0.29) is 168 Å². The third-order valence-corrected chi connectivity index (χ3v) is 0. The van der Waals surface area contributed by atoms with Gasteiger partial charge in [0, 0.05) is 0 Å². The van der Waals surface area contributed by atoms with Crippen molar-refractivity contribution in [3.05, 3.63) is 0 Å². The molecule has 0 aromatic heterocycles. The first-order chi connectivity index (χ1) is 2.00. The van der Waals surface area contributed by atoms with Gasteiger partial charge in [0.15, 0.2) is 17.4 Å². The van der Waals surface area contributed by atoms with Crippen LogP contribution in [-0.4, -0.2) is 106 Å². The van der Waals surface area contributed by atoms with Gasteiger partial charge in [0.1, 0.15) is 0 Å². The molecule has 0 atom stereocenters. The van der Waals surface area contributed by atoms with Crippen molar-refractivity contribution in [2.75, 3.05) is 0 Å². The van der Waals surface area contributed by atoms with E-state index < -0.39 is 9.05 Å². The summed E-state index contributed by atoms with van der Waals surface area (Å²) in [5, 5.41) is 0. The topological polar surface area (TPSA) is 80.9 Å². The van der Waals surface area contributed by atoms with Crippen molar-refractivity contribution in [3.8, 4) is 0 Å². The fourth-order valence-corrected chi connectivity index (χ4v) is 0. The average molecular weight is 259 g/mol. The summed E-state index contributed by atoms with van der Waals surface area (Å²) >= 11 is 0. The summed E-state index contributed by atoms with van der Waals surface area (Å²) in [5.41, 5.74) is 0. The summed E-state index contributed by atoms with van der Waals surface area (Å²) < 4.78 is 0. The molecule has 0 aromatic rings. The van der Waals surface area contributed by atoms with Gasteiger partial charge in [-0.1, -0.05) is 0 Å². The standard InChI is InChI=1S/Al.Ca.K.Mg.Na.H4O4Si.9H/c;;;;;1-5(2,3)4;;;;;;;;;/h;;;;;1-4H;;;;;;;;;/q;+2;+1;+2;+1;;;;;6*-1. The Morgan fingerprint density at radius 3 is 1.00 bits per heavy atom. The molecule has 4 nitrogen and oxygen atoms in total. The minimum atomic E-state index is -4.61. The normalized spacial score (nSPS) is 6.00. The Hall–Kier alpha value is 5.25. The first-order valence-corrected chi connectivity index (χ1v) is 2.68. The second-order valence-corrected chi connectivity index (χ2v) is 1.80. The van der Waals surface area contributed by atoms with Gasteiger partial charge in [0.2, 0.25) is 0 Å². The Morgan fingerprint density at radius 2 is 1.00 bits per heavy atom. The van der Waals surface area contributed by atoms with Crippen molar-refractivity contribution in [1.29, 1.82) is 0 Å². The molecule has 0 radical (unpaired) electrons. The fraction of sp³-hybridized carbons (Fsp3) is 0. The second-order valence-electron chi connectivity index (χ2n) is 0.600. The van der Waals surface area contributed by atoms with Gasteiger partial charge >= 0.3 is 151 Å². The summed E-state index contributed by atoms with van der Waals surface area (Å²) in [4.78, 5) is 29.3. The maximum absolute atomic E-state index is 7.33. The molecule has 0 aliphatic heterocycles. The first kappa shape index (κ1) is 36.2. The molecular formula is H13AlCaKMgNaO4Si. The molecule has 0 spiro atoms. The van der Waals surface area contributed by atoms with Gasteiger partial charge in [0.25, 0.3) is 0 Å². The maximum atomic E-state index is 7.33. The molecule has 0 fully saturated rings. The Kier molecular flexibility index (Phi) is 71.5. The van der Waals surface area contributed by atoms with E-state index in [9.17, 15) is 0 Å². The molecule has 10 heteroatoms. The fourth-order valence-electron chi connectivity index (χ4n) is 0. The van der Waals surface area contributed by atoms with E-state index in [4.69, 9.17) is 19.2 Å². The van der Waals surface area contributed by atoms with Crippen LogP contribution in [0.3, 0.4) is 0 Å². The van der Waals surface area contributed by atoms with Crippen LogP contribution in [0, 0.1) is 0 Å². The van der Waals surface area contributed by atoms with Crippen LogP contribution in [0.2, 0.25) is 0 Å². The van der Waals surface area contributed by atoms with E-state index in [0.29, 0.717) is 0 Å². The van der Waals surface area contributed by atoms with Crippen molar-refractivity contribution in [3.63, 3.8) is 0 Å². The maximum Gasteiger partial charge on any atom is 2.00 e. The van der Waals surface area contributed by atoms with Crippen LogP contribution in [-0.2, 0) is 0 Å². The Balaban J connectivity index is -0.00000000145. The van der Waals surface area contributed by atoms with Gasteiger partial charge in [-0.05, 0) is 0 Å². The third kappa shape index (κ3) is 72.1. The zero-order chi connectivity index (χ0) is 4.50. The second kappa shape index (κ2) is 19.8. The van der Waals surface area contributed by atoms with Crippen LogP contribution in [0.5, 0.6) is 0 Å². The predicted octanol–water partition coefficient (Wildman–Crippen LogP) is -9.87. The Morgan fingerprint density at radius 1 is 1.00 bits per heavy atom.